The molecule has 0 heterocycles. The van der Waals surface area contributed by atoms with Gasteiger partial charge >= 0.3 is 0 Å². The second-order valence-electron chi connectivity index (χ2n) is 4.35. The average Bonchev–Trinajstić information content (AvgIpc) is 2.26. The summed E-state index contributed by atoms with van der Waals surface area (Å²) in [5.41, 5.74) is 0. The molecule has 0 aromatic rings. The first-order valence-electron chi connectivity index (χ1n) is 6.86. The van der Waals surface area contributed by atoms with Crippen LogP contribution < -0.4 is 0 Å². The second kappa shape index (κ2) is 13.7. The van der Waals surface area contributed by atoms with Gasteiger partial charge in [0, 0.05) is 0 Å². The summed E-state index contributed by atoms with van der Waals surface area (Å²) in [4.78, 5) is 0. The quantitative estimate of drug-likeness (QED) is 0.303. The van der Waals surface area contributed by atoms with Gasteiger partial charge < -0.3 is 0 Å². The molecule has 0 rings (SSSR count). The van der Waals surface area contributed by atoms with E-state index in [-0.39, 0.29) is 0 Å². The zero-order chi connectivity index (χ0) is 11.2. The number of rotatable bonds is 11. The third kappa shape index (κ3) is 13.7. The highest BCUT2D eigenvalue weighted by Gasteiger charge is 1.90. The van der Waals surface area contributed by atoms with Crippen LogP contribution in [0.2, 0.25) is 0 Å². The van der Waals surface area contributed by atoms with Crippen molar-refractivity contribution in [3.05, 3.63) is 19.1 Å². The molecule has 0 amide bonds. The van der Waals surface area contributed by atoms with E-state index in [1.165, 1.54) is 64.2 Å². The standard InChI is InChI=1S/C15H29/c1-3-5-7-9-11-13-15-14-12-10-8-6-4-2/h6,8H,1,3-5,7,9-15H2,2H3/b8-6-. The average molecular weight is 209 g/mol. The fourth-order valence-corrected chi connectivity index (χ4v) is 1.78. The van der Waals surface area contributed by atoms with Crippen molar-refractivity contribution in [2.45, 2.75) is 77.6 Å². The van der Waals surface area contributed by atoms with Gasteiger partial charge in [-0.05, 0) is 19.3 Å². The van der Waals surface area contributed by atoms with Gasteiger partial charge in [0.2, 0.25) is 0 Å². The van der Waals surface area contributed by atoms with Crippen LogP contribution in [0.5, 0.6) is 0 Å². The Kier molecular flexibility index (Phi) is 13.5. The Morgan fingerprint density at radius 3 is 1.80 bits per heavy atom. The zero-order valence-corrected chi connectivity index (χ0v) is 10.6. The lowest BCUT2D eigenvalue weighted by atomic mass is 10.1. The highest BCUT2D eigenvalue weighted by Crippen LogP contribution is 2.10. The summed E-state index contributed by atoms with van der Waals surface area (Å²) in [7, 11) is 0. The van der Waals surface area contributed by atoms with Gasteiger partial charge in [-0.1, -0.05) is 77.4 Å². The third-order valence-corrected chi connectivity index (χ3v) is 2.77. The molecule has 0 aliphatic rings. The lowest BCUT2D eigenvalue weighted by molar-refractivity contribution is 0.571. The second-order valence-corrected chi connectivity index (χ2v) is 4.35. The fourth-order valence-electron chi connectivity index (χ4n) is 1.78. The molecule has 0 aromatic carbocycles. The number of unbranched alkanes of at least 4 members (excludes halogenated alkanes) is 9. The van der Waals surface area contributed by atoms with Crippen LogP contribution in [0.25, 0.3) is 0 Å². The molecule has 0 fully saturated rings. The minimum absolute atomic E-state index is 1.11. The minimum atomic E-state index is 1.11. The largest absolute Gasteiger partial charge is 0.0888 e. The van der Waals surface area contributed by atoms with Crippen molar-refractivity contribution >= 4 is 0 Å². The molecule has 0 aliphatic heterocycles. The summed E-state index contributed by atoms with van der Waals surface area (Å²) in [5, 5.41) is 0. The van der Waals surface area contributed by atoms with Crippen LogP contribution in [-0.4, -0.2) is 0 Å². The maximum absolute atomic E-state index is 3.86. The van der Waals surface area contributed by atoms with Crippen molar-refractivity contribution in [3.8, 4) is 0 Å². The third-order valence-electron chi connectivity index (χ3n) is 2.77. The Hall–Kier alpha value is -0.260. The molecule has 0 saturated heterocycles. The van der Waals surface area contributed by atoms with Crippen LogP contribution in [0, 0.1) is 6.92 Å². The Labute approximate surface area is 97.2 Å². The van der Waals surface area contributed by atoms with Gasteiger partial charge in [0.25, 0.3) is 0 Å². The number of hydrogen-bond donors (Lipinski definition) is 0. The fraction of sp³-hybridized carbons (Fsp3) is 0.800. The first kappa shape index (κ1) is 14.7. The van der Waals surface area contributed by atoms with Crippen LogP contribution in [0.15, 0.2) is 12.2 Å². The van der Waals surface area contributed by atoms with E-state index in [4.69, 9.17) is 0 Å². The van der Waals surface area contributed by atoms with Crippen molar-refractivity contribution in [2.75, 3.05) is 0 Å². The highest BCUT2D eigenvalue weighted by molar-refractivity contribution is 4.79. The summed E-state index contributed by atoms with van der Waals surface area (Å²) in [6, 6.07) is 0. The molecule has 15 heavy (non-hydrogen) atoms. The molecule has 1 radical (unpaired) electrons. The summed E-state index contributed by atoms with van der Waals surface area (Å²) < 4.78 is 0. The molecule has 89 valence electrons. The molecule has 0 saturated carbocycles. The number of hydrogen-bond acceptors (Lipinski definition) is 0. The van der Waals surface area contributed by atoms with E-state index in [0.29, 0.717) is 0 Å². The topological polar surface area (TPSA) is 0 Å². The zero-order valence-electron chi connectivity index (χ0n) is 10.6. The Morgan fingerprint density at radius 2 is 1.27 bits per heavy atom. The minimum Gasteiger partial charge on any atom is -0.0888 e. The summed E-state index contributed by atoms with van der Waals surface area (Å²) in [5.74, 6) is 0. The Bertz CT molecular complexity index is 124. The summed E-state index contributed by atoms with van der Waals surface area (Å²) >= 11 is 0. The molecular formula is C15H29. The molecule has 0 aliphatic carbocycles. The monoisotopic (exact) mass is 209 g/mol. The van der Waals surface area contributed by atoms with Gasteiger partial charge in [0.15, 0.2) is 0 Å². The summed E-state index contributed by atoms with van der Waals surface area (Å²) in [6.07, 6.45) is 19.4. The van der Waals surface area contributed by atoms with Gasteiger partial charge in [-0.25, -0.2) is 0 Å². The van der Waals surface area contributed by atoms with Crippen LogP contribution >= 0.6 is 0 Å². The van der Waals surface area contributed by atoms with Crippen molar-refractivity contribution < 1.29 is 0 Å². The van der Waals surface area contributed by atoms with Gasteiger partial charge in [-0.3, -0.25) is 0 Å². The van der Waals surface area contributed by atoms with Crippen LogP contribution in [0.4, 0.5) is 0 Å². The predicted molar refractivity (Wildman–Crippen MR) is 71.0 cm³/mol. The van der Waals surface area contributed by atoms with E-state index in [2.05, 4.69) is 26.0 Å². The van der Waals surface area contributed by atoms with E-state index in [0.717, 1.165) is 6.42 Å². The van der Waals surface area contributed by atoms with Gasteiger partial charge in [0.05, 0.1) is 0 Å². The van der Waals surface area contributed by atoms with Crippen molar-refractivity contribution in [3.63, 3.8) is 0 Å². The van der Waals surface area contributed by atoms with Gasteiger partial charge in [0.1, 0.15) is 0 Å². The maximum atomic E-state index is 3.86. The molecule has 0 spiro atoms. The van der Waals surface area contributed by atoms with Gasteiger partial charge in [-0.15, -0.1) is 0 Å². The lowest BCUT2D eigenvalue weighted by Crippen LogP contribution is -1.80. The van der Waals surface area contributed by atoms with Gasteiger partial charge in [-0.2, -0.15) is 0 Å². The lowest BCUT2D eigenvalue weighted by Gasteiger charge is -2.00. The van der Waals surface area contributed by atoms with Crippen molar-refractivity contribution in [2.24, 2.45) is 0 Å². The van der Waals surface area contributed by atoms with E-state index >= 15 is 0 Å². The number of allylic oxidation sites excluding steroid dienone is 2. The van der Waals surface area contributed by atoms with E-state index in [9.17, 15) is 0 Å². The van der Waals surface area contributed by atoms with Crippen molar-refractivity contribution in [1.29, 1.82) is 0 Å². The molecule has 0 bridgehead atoms. The van der Waals surface area contributed by atoms with Crippen molar-refractivity contribution in [1.82, 2.24) is 0 Å². The first-order chi connectivity index (χ1) is 7.41. The molecule has 0 aromatic heterocycles. The Morgan fingerprint density at radius 1 is 0.733 bits per heavy atom. The molecule has 0 nitrogen and oxygen atoms in total. The molecule has 0 N–H and O–H groups in total. The molecule has 0 unspecified atom stereocenters. The summed E-state index contributed by atoms with van der Waals surface area (Å²) in [6.45, 7) is 6.06. The molecular weight excluding hydrogens is 180 g/mol. The first-order valence-corrected chi connectivity index (χ1v) is 6.86. The predicted octanol–water partition coefficient (Wildman–Crippen LogP) is 5.69. The molecule has 0 heteroatoms. The van der Waals surface area contributed by atoms with E-state index in [1.54, 1.807) is 0 Å². The Balaban J connectivity index is 2.89. The van der Waals surface area contributed by atoms with Crippen LogP contribution in [-0.2, 0) is 0 Å². The van der Waals surface area contributed by atoms with E-state index in [1.807, 2.05) is 0 Å². The smallest absolute Gasteiger partial charge is 0.0351 e. The molecule has 0 atom stereocenters. The van der Waals surface area contributed by atoms with E-state index < -0.39 is 0 Å². The van der Waals surface area contributed by atoms with Crippen LogP contribution in [0.1, 0.15) is 77.6 Å². The SMILES string of the molecule is [CH2]CCCCCCCCCC/C=C\CC. The highest BCUT2D eigenvalue weighted by atomic mass is 14.0. The normalized spacial score (nSPS) is 11.3. The van der Waals surface area contributed by atoms with Crippen LogP contribution in [0.3, 0.4) is 0 Å². The maximum Gasteiger partial charge on any atom is -0.0351 e.